The molecule has 0 saturated carbocycles. The lowest BCUT2D eigenvalue weighted by Crippen LogP contribution is -2.39. The number of aromatic nitrogens is 1. The van der Waals surface area contributed by atoms with E-state index >= 15 is 0 Å². The number of hydrogen-bond donors (Lipinski definition) is 1. The second-order valence-corrected chi connectivity index (χ2v) is 10.3. The van der Waals surface area contributed by atoms with Crippen molar-refractivity contribution in [2.24, 2.45) is 0 Å². The van der Waals surface area contributed by atoms with Crippen LogP contribution >= 0.6 is 11.6 Å². The third-order valence-electron chi connectivity index (χ3n) is 6.03. The molecule has 1 aliphatic rings. The van der Waals surface area contributed by atoms with E-state index in [9.17, 15) is 22.8 Å². The third kappa shape index (κ3) is 7.40. The highest BCUT2D eigenvalue weighted by molar-refractivity contribution is 6.31. The van der Waals surface area contributed by atoms with Crippen molar-refractivity contribution in [2.45, 2.75) is 52.0 Å². The van der Waals surface area contributed by atoms with Crippen molar-refractivity contribution in [2.75, 3.05) is 13.2 Å². The number of Topliss-reactive ketones (excluding diaryl/α,β-unsaturated/α-hetero) is 1. The number of ketones is 1. The molecule has 0 radical (unpaired) electrons. The Bertz CT molecular complexity index is 1440. The third-order valence-corrected chi connectivity index (χ3v) is 6.30. The van der Waals surface area contributed by atoms with Crippen LogP contribution in [0.5, 0.6) is 28.9 Å². The zero-order valence-electron chi connectivity index (χ0n) is 22.7. The van der Waals surface area contributed by atoms with Crippen molar-refractivity contribution in [3.05, 3.63) is 70.4 Å². The lowest BCUT2D eigenvalue weighted by Gasteiger charge is -2.18. The predicted molar refractivity (Wildman–Crippen MR) is 144 cm³/mol. The molecule has 218 valence electrons. The highest BCUT2D eigenvalue weighted by Gasteiger charge is 2.34. The maximum absolute atomic E-state index is 12.9. The molecular formula is C29H28ClF3N2O6. The molecule has 4 rings (SSSR count). The molecule has 1 aliphatic heterocycles. The Morgan fingerprint density at radius 3 is 2.46 bits per heavy atom. The number of carbonyl (C=O) groups is 2. The first-order valence-corrected chi connectivity index (χ1v) is 13.1. The number of benzene rings is 2. The lowest BCUT2D eigenvalue weighted by molar-refractivity contribution is -0.137. The van der Waals surface area contributed by atoms with Gasteiger partial charge in [0.05, 0.1) is 18.7 Å². The van der Waals surface area contributed by atoms with E-state index < -0.39 is 29.4 Å². The molecule has 0 aliphatic carbocycles. The van der Waals surface area contributed by atoms with Gasteiger partial charge in [0.25, 0.3) is 5.91 Å². The smallest absolute Gasteiger partial charge is 0.417 e. The number of nitrogens with one attached hydrogen (secondary N) is 1. The summed E-state index contributed by atoms with van der Waals surface area (Å²) in [5.74, 6) is 0.689. The number of rotatable bonds is 10. The Morgan fingerprint density at radius 1 is 1.15 bits per heavy atom. The second-order valence-electron chi connectivity index (χ2n) is 9.92. The van der Waals surface area contributed by atoms with Gasteiger partial charge in [-0.2, -0.15) is 13.2 Å². The molecule has 1 amide bonds. The lowest BCUT2D eigenvalue weighted by atomic mass is 9.98. The largest absolute Gasteiger partial charge is 0.490 e. The van der Waals surface area contributed by atoms with Crippen LogP contribution in [0.25, 0.3) is 0 Å². The summed E-state index contributed by atoms with van der Waals surface area (Å²) in [6, 6.07) is 10.1. The predicted octanol–water partition coefficient (Wildman–Crippen LogP) is 6.42. The Balaban J connectivity index is 1.32. The van der Waals surface area contributed by atoms with E-state index in [0.717, 1.165) is 11.6 Å². The summed E-state index contributed by atoms with van der Waals surface area (Å²) >= 11 is 5.88. The Kier molecular flexibility index (Phi) is 8.67. The fourth-order valence-corrected chi connectivity index (χ4v) is 4.33. The molecule has 1 atom stereocenters. The number of ether oxygens (including phenoxy) is 4. The molecule has 2 heterocycles. The Labute approximate surface area is 239 Å². The molecule has 1 N–H and O–H groups in total. The molecular weight excluding hydrogens is 565 g/mol. The van der Waals surface area contributed by atoms with Crippen LogP contribution in [0, 0.1) is 0 Å². The van der Waals surface area contributed by atoms with Gasteiger partial charge in [-0.15, -0.1) is 0 Å². The summed E-state index contributed by atoms with van der Waals surface area (Å²) in [6.45, 7) is 7.45. The van der Waals surface area contributed by atoms with Gasteiger partial charge in [0.1, 0.15) is 22.1 Å². The number of nitrogens with zero attached hydrogens (tertiary/aromatic N) is 1. The summed E-state index contributed by atoms with van der Waals surface area (Å²) in [4.78, 5) is 29.1. The molecule has 0 bridgehead atoms. The molecule has 3 aromatic rings. The number of alkyl halides is 3. The normalized spacial score (nSPS) is 14.4. The molecule has 41 heavy (non-hydrogen) atoms. The van der Waals surface area contributed by atoms with E-state index in [2.05, 4.69) is 10.3 Å². The van der Waals surface area contributed by atoms with Gasteiger partial charge in [-0.05, 0) is 70.2 Å². The van der Waals surface area contributed by atoms with Crippen LogP contribution in [-0.4, -0.2) is 41.5 Å². The van der Waals surface area contributed by atoms with E-state index in [4.69, 9.17) is 30.5 Å². The molecule has 0 saturated heterocycles. The minimum atomic E-state index is -4.58. The summed E-state index contributed by atoms with van der Waals surface area (Å²) in [5.41, 5.74) is -0.127. The number of hydrogen-bond acceptors (Lipinski definition) is 7. The molecule has 0 spiro atoms. The van der Waals surface area contributed by atoms with Crippen LogP contribution in [0.15, 0.2) is 48.7 Å². The van der Waals surface area contributed by atoms with Gasteiger partial charge in [-0.25, -0.2) is 4.98 Å². The van der Waals surface area contributed by atoms with Crippen molar-refractivity contribution < 1.29 is 41.7 Å². The first-order chi connectivity index (χ1) is 19.3. The summed E-state index contributed by atoms with van der Waals surface area (Å²) < 4.78 is 61.2. The number of amides is 1. The van der Waals surface area contributed by atoms with Crippen molar-refractivity contribution in [3.8, 4) is 28.9 Å². The van der Waals surface area contributed by atoms with Crippen LogP contribution in [-0.2, 0) is 17.4 Å². The number of halogens is 4. The van der Waals surface area contributed by atoms with E-state index in [0.29, 0.717) is 42.0 Å². The number of fused-ring (bicyclic) bond motifs is 1. The van der Waals surface area contributed by atoms with Gasteiger partial charge in [-0.1, -0.05) is 11.6 Å². The van der Waals surface area contributed by atoms with Crippen LogP contribution in [0.4, 0.5) is 13.2 Å². The average Bonchev–Trinajstić information content (AvgIpc) is 3.22. The minimum absolute atomic E-state index is 0.196. The van der Waals surface area contributed by atoms with Crippen molar-refractivity contribution in [3.63, 3.8) is 0 Å². The van der Waals surface area contributed by atoms with Gasteiger partial charge in [0.15, 0.2) is 23.4 Å². The summed E-state index contributed by atoms with van der Waals surface area (Å²) in [7, 11) is 0. The van der Waals surface area contributed by atoms with Crippen LogP contribution < -0.4 is 24.3 Å². The van der Waals surface area contributed by atoms with E-state index in [1.54, 1.807) is 12.1 Å². The number of carbonyl (C=O) groups excluding carboxylic acids is 2. The standard InChI is InChI=1S/C29H28ClF3N2O6/c1-5-38-24-11-17(10-18-13-28(3,4)41-25(18)24)23(36)15-34-26(37)16(2)39-20-6-8-21(9-7-20)40-27-22(30)12-19(14-35-27)29(31,32)33/h6-12,14,16H,5,13,15H2,1-4H3,(H,34,37)/t16-/m1/s1. The van der Waals surface area contributed by atoms with Crippen molar-refractivity contribution in [1.82, 2.24) is 10.3 Å². The first-order valence-electron chi connectivity index (χ1n) is 12.7. The maximum Gasteiger partial charge on any atom is 0.417 e. The zero-order chi connectivity index (χ0) is 29.9. The molecule has 1 aromatic heterocycles. The Morgan fingerprint density at radius 2 is 1.83 bits per heavy atom. The summed E-state index contributed by atoms with van der Waals surface area (Å²) in [5, 5.41) is 2.29. The van der Waals surface area contributed by atoms with E-state index in [-0.39, 0.29) is 29.0 Å². The molecule has 2 aromatic carbocycles. The van der Waals surface area contributed by atoms with Crippen molar-refractivity contribution >= 4 is 23.3 Å². The molecule has 0 fully saturated rings. The minimum Gasteiger partial charge on any atom is -0.490 e. The highest BCUT2D eigenvalue weighted by Crippen LogP contribution is 2.43. The second kappa shape index (κ2) is 11.9. The SMILES string of the molecule is CCOc1cc(C(=O)CNC(=O)[C@@H](C)Oc2ccc(Oc3ncc(C(F)(F)F)cc3Cl)cc2)cc2c1OC(C)(C)C2. The fraction of sp³-hybridized carbons (Fsp3) is 0.345. The van der Waals surface area contributed by atoms with Crippen LogP contribution in [0.1, 0.15) is 49.2 Å². The molecule has 8 nitrogen and oxygen atoms in total. The van der Waals surface area contributed by atoms with Gasteiger partial charge < -0.3 is 24.3 Å². The van der Waals surface area contributed by atoms with Gasteiger partial charge in [-0.3, -0.25) is 9.59 Å². The fourth-order valence-electron chi connectivity index (χ4n) is 4.13. The van der Waals surface area contributed by atoms with Gasteiger partial charge >= 0.3 is 6.18 Å². The number of pyridine rings is 1. The topological polar surface area (TPSA) is 96.0 Å². The van der Waals surface area contributed by atoms with Gasteiger partial charge in [0, 0.05) is 23.7 Å². The van der Waals surface area contributed by atoms with E-state index in [1.807, 2.05) is 20.8 Å². The average molecular weight is 593 g/mol. The maximum atomic E-state index is 12.9. The molecule has 0 unspecified atom stereocenters. The quantitative estimate of drug-likeness (QED) is 0.271. The van der Waals surface area contributed by atoms with Crippen LogP contribution in [0.2, 0.25) is 5.02 Å². The first kappa shape index (κ1) is 30.0. The van der Waals surface area contributed by atoms with Gasteiger partial charge in [0.2, 0.25) is 5.88 Å². The zero-order valence-corrected chi connectivity index (χ0v) is 23.5. The summed E-state index contributed by atoms with van der Waals surface area (Å²) in [6.07, 6.45) is -4.26. The molecule has 12 heteroatoms. The van der Waals surface area contributed by atoms with Crippen LogP contribution in [0.3, 0.4) is 0 Å². The highest BCUT2D eigenvalue weighted by atomic mass is 35.5. The van der Waals surface area contributed by atoms with Crippen molar-refractivity contribution in [1.29, 1.82) is 0 Å². The Hall–Kier alpha value is -3.99. The van der Waals surface area contributed by atoms with E-state index in [1.165, 1.54) is 31.2 Å². The monoisotopic (exact) mass is 592 g/mol.